The average Bonchev–Trinajstić information content (AvgIpc) is 2.96. The van der Waals surface area contributed by atoms with Crippen molar-refractivity contribution in [2.24, 2.45) is 0 Å². The third-order valence-electron chi connectivity index (χ3n) is 2.88. The van der Waals surface area contributed by atoms with Crippen molar-refractivity contribution in [1.29, 1.82) is 0 Å². The lowest BCUT2D eigenvalue weighted by Gasteiger charge is -2.09. The fourth-order valence-electron chi connectivity index (χ4n) is 1.84. The van der Waals surface area contributed by atoms with Crippen LogP contribution in [0.5, 0.6) is 0 Å². The van der Waals surface area contributed by atoms with Crippen molar-refractivity contribution in [3.8, 4) is 5.69 Å². The molecule has 0 unspecified atom stereocenters. The Labute approximate surface area is 92.1 Å². The Morgan fingerprint density at radius 1 is 1.38 bits per heavy atom. The van der Waals surface area contributed by atoms with Crippen LogP contribution in [0.1, 0.15) is 24.5 Å². The van der Waals surface area contributed by atoms with E-state index in [2.05, 4.69) is 4.98 Å². The molecule has 16 heavy (non-hydrogen) atoms. The molecule has 0 saturated heterocycles. The number of nitrogen functional groups attached to an aromatic ring is 1. The fraction of sp³-hybridized carbons (Fsp3) is 0.273. The lowest BCUT2D eigenvalue weighted by atomic mass is 10.2. The molecule has 2 aromatic heterocycles. The first kappa shape index (κ1) is 9.21. The van der Waals surface area contributed by atoms with Crippen LogP contribution in [0.25, 0.3) is 5.69 Å². The molecule has 1 aliphatic carbocycles. The Kier molecular flexibility index (Phi) is 1.86. The van der Waals surface area contributed by atoms with Gasteiger partial charge in [0.05, 0.1) is 12.0 Å². The molecule has 0 aromatic carbocycles. The zero-order chi connectivity index (χ0) is 11.1. The number of hydrogen-bond donors (Lipinski definition) is 1. The molecule has 5 nitrogen and oxygen atoms in total. The fourth-order valence-corrected chi connectivity index (χ4v) is 1.84. The van der Waals surface area contributed by atoms with E-state index in [9.17, 15) is 4.79 Å². The topological polar surface area (TPSA) is 65.8 Å². The number of hydrogen-bond acceptors (Lipinski definition) is 3. The van der Waals surface area contributed by atoms with Crippen LogP contribution in [-0.2, 0) is 0 Å². The van der Waals surface area contributed by atoms with Gasteiger partial charge in [-0.1, -0.05) is 0 Å². The molecular formula is C11H12N4O. The number of nitrogens with zero attached hydrogens (tertiary/aromatic N) is 3. The minimum Gasteiger partial charge on any atom is -0.336 e. The average molecular weight is 216 g/mol. The SMILES string of the molecule is Nn1c(C2CC2)cc(-n2ccnc2)cc1=O. The number of imidazole rings is 1. The molecule has 2 heterocycles. The van der Waals surface area contributed by atoms with Crippen molar-refractivity contribution in [2.45, 2.75) is 18.8 Å². The molecule has 82 valence electrons. The van der Waals surface area contributed by atoms with E-state index in [-0.39, 0.29) is 5.56 Å². The van der Waals surface area contributed by atoms with Crippen LogP contribution in [0.2, 0.25) is 0 Å². The van der Waals surface area contributed by atoms with E-state index in [1.54, 1.807) is 12.5 Å². The zero-order valence-corrected chi connectivity index (χ0v) is 8.71. The van der Waals surface area contributed by atoms with Gasteiger partial charge in [0, 0.05) is 30.1 Å². The van der Waals surface area contributed by atoms with E-state index < -0.39 is 0 Å². The van der Waals surface area contributed by atoms with E-state index in [0.717, 1.165) is 24.2 Å². The van der Waals surface area contributed by atoms with E-state index in [1.165, 1.54) is 10.7 Å². The van der Waals surface area contributed by atoms with E-state index in [0.29, 0.717) is 5.92 Å². The summed E-state index contributed by atoms with van der Waals surface area (Å²) in [5, 5.41) is 0. The van der Waals surface area contributed by atoms with Crippen molar-refractivity contribution in [3.05, 3.63) is 46.9 Å². The number of aromatic nitrogens is 3. The van der Waals surface area contributed by atoms with Crippen molar-refractivity contribution in [1.82, 2.24) is 14.2 Å². The van der Waals surface area contributed by atoms with Gasteiger partial charge in [-0.05, 0) is 18.9 Å². The first-order valence-corrected chi connectivity index (χ1v) is 5.26. The predicted molar refractivity (Wildman–Crippen MR) is 59.9 cm³/mol. The van der Waals surface area contributed by atoms with Crippen molar-refractivity contribution in [2.75, 3.05) is 5.84 Å². The molecule has 0 aliphatic heterocycles. The Balaban J connectivity index is 2.17. The zero-order valence-electron chi connectivity index (χ0n) is 8.71. The minimum atomic E-state index is -0.173. The van der Waals surface area contributed by atoms with Crippen molar-refractivity contribution < 1.29 is 0 Å². The van der Waals surface area contributed by atoms with Gasteiger partial charge < -0.3 is 10.4 Å². The molecule has 2 aromatic rings. The van der Waals surface area contributed by atoms with E-state index in [4.69, 9.17) is 5.84 Å². The monoisotopic (exact) mass is 216 g/mol. The maximum Gasteiger partial charge on any atom is 0.270 e. The second kappa shape index (κ2) is 3.23. The lowest BCUT2D eigenvalue weighted by molar-refractivity contribution is 0.821. The normalized spacial score (nSPS) is 15.2. The van der Waals surface area contributed by atoms with Crippen LogP contribution in [0, 0.1) is 0 Å². The summed E-state index contributed by atoms with van der Waals surface area (Å²) in [6, 6.07) is 3.48. The van der Waals surface area contributed by atoms with Crippen LogP contribution in [0.3, 0.4) is 0 Å². The molecule has 1 aliphatic rings. The molecule has 5 heteroatoms. The van der Waals surface area contributed by atoms with E-state index >= 15 is 0 Å². The Morgan fingerprint density at radius 3 is 2.81 bits per heavy atom. The van der Waals surface area contributed by atoms with Gasteiger partial charge in [-0.2, -0.15) is 0 Å². The first-order chi connectivity index (χ1) is 7.75. The minimum absolute atomic E-state index is 0.173. The van der Waals surface area contributed by atoms with Crippen LogP contribution in [-0.4, -0.2) is 14.2 Å². The van der Waals surface area contributed by atoms with Crippen LogP contribution in [0.4, 0.5) is 0 Å². The molecule has 1 saturated carbocycles. The summed E-state index contributed by atoms with van der Waals surface area (Å²) >= 11 is 0. The molecule has 0 radical (unpaired) electrons. The van der Waals surface area contributed by atoms with Gasteiger partial charge >= 0.3 is 0 Å². The summed E-state index contributed by atoms with van der Waals surface area (Å²) in [5.41, 5.74) is 1.57. The lowest BCUT2D eigenvalue weighted by Crippen LogP contribution is -2.30. The van der Waals surface area contributed by atoms with Crippen molar-refractivity contribution in [3.63, 3.8) is 0 Å². The first-order valence-electron chi connectivity index (χ1n) is 5.26. The molecule has 0 amide bonds. The van der Waals surface area contributed by atoms with Gasteiger partial charge in [0.25, 0.3) is 5.56 Å². The third kappa shape index (κ3) is 1.41. The Bertz CT molecular complexity index is 566. The quantitative estimate of drug-likeness (QED) is 0.748. The third-order valence-corrected chi connectivity index (χ3v) is 2.88. The number of nitrogens with two attached hydrogens (primary N) is 1. The molecule has 0 bridgehead atoms. The second-order valence-corrected chi connectivity index (χ2v) is 4.09. The molecule has 0 atom stereocenters. The predicted octanol–water partition coefficient (Wildman–Crippen LogP) is 0.625. The Hall–Kier alpha value is -2.04. The van der Waals surface area contributed by atoms with Crippen molar-refractivity contribution >= 4 is 0 Å². The maximum absolute atomic E-state index is 11.7. The van der Waals surface area contributed by atoms with Gasteiger partial charge in [0.15, 0.2) is 0 Å². The molecule has 1 fully saturated rings. The van der Waals surface area contributed by atoms with Gasteiger partial charge in [-0.25, -0.2) is 9.66 Å². The summed E-state index contributed by atoms with van der Waals surface area (Å²) in [4.78, 5) is 15.7. The van der Waals surface area contributed by atoms with E-state index in [1.807, 2.05) is 16.8 Å². The highest BCUT2D eigenvalue weighted by atomic mass is 16.1. The highest BCUT2D eigenvalue weighted by Crippen LogP contribution is 2.39. The highest BCUT2D eigenvalue weighted by molar-refractivity contribution is 5.35. The van der Waals surface area contributed by atoms with Crippen LogP contribution >= 0.6 is 0 Å². The summed E-state index contributed by atoms with van der Waals surface area (Å²) in [6.45, 7) is 0. The second-order valence-electron chi connectivity index (χ2n) is 4.09. The number of rotatable bonds is 2. The van der Waals surface area contributed by atoms with Crippen LogP contribution < -0.4 is 11.4 Å². The van der Waals surface area contributed by atoms with Gasteiger partial charge in [-0.3, -0.25) is 4.79 Å². The standard InChI is InChI=1S/C11H12N4O/c12-15-10(8-1-2-8)5-9(6-11(15)16)14-4-3-13-7-14/h3-8H,1-2,12H2. The highest BCUT2D eigenvalue weighted by Gasteiger charge is 2.27. The molecule has 0 spiro atoms. The van der Waals surface area contributed by atoms with Gasteiger partial charge in [0.1, 0.15) is 0 Å². The molecular weight excluding hydrogens is 204 g/mol. The number of pyridine rings is 1. The van der Waals surface area contributed by atoms with Gasteiger partial charge in [-0.15, -0.1) is 0 Å². The smallest absolute Gasteiger partial charge is 0.270 e. The summed E-state index contributed by atoms with van der Waals surface area (Å²) in [6.07, 6.45) is 7.40. The van der Waals surface area contributed by atoms with Crippen LogP contribution in [0.15, 0.2) is 35.6 Å². The largest absolute Gasteiger partial charge is 0.336 e. The van der Waals surface area contributed by atoms with Gasteiger partial charge in [0.2, 0.25) is 0 Å². The summed E-state index contributed by atoms with van der Waals surface area (Å²) < 4.78 is 3.06. The summed E-state index contributed by atoms with van der Waals surface area (Å²) in [5.74, 6) is 6.17. The maximum atomic E-state index is 11.7. The Morgan fingerprint density at radius 2 is 2.19 bits per heavy atom. The summed E-state index contributed by atoms with van der Waals surface area (Å²) in [7, 11) is 0. The molecule has 2 N–H and O–H groups in total. The molecule has 3 rings (SSSR count).